The molecule has 0 unspecified atom stereocenters. The molecule has 0 radical (unpaired) electrons. The van der Waals surface area contributed by atoms with Gasteiger partial charge in [-0.1, -0.05) is 18.2 Å². The van der Waals surface area contributed by atoms with Crippen LogP contribution in [0.25, 0.3) is 17.3 Å². The number of ether oxygens (including phenoxy) is 1. The Balaban J connectivity index is 2.20. The number of benzene rings is 2. The van der Waals surface area contributed by atoms with Crippen molar-refractivity contribution in [2.24, 2.45) is 0 Å². The fourth-order valence-electron chi connectivity index (χ4n) is 2.79. The molecule has 0 bridgehead atoms. The number of rotatable bonds is 5. The average molecular weight is 529 g/mol. The second-order valence-electron chi connectivity index (χ2n) is 6.01. The Bertz CT molecular complexity index is 1220. The summed E-state index contributed by atoms with van der Waals surface area (Å²) in [7, 11) is 0. The van der Waals surface area contributed by atoms with Crippen molar-refractivity contribution in [2.45, 2.75) is 6.92 Å². The van der Waals surface area contributed by atoms with Gasteiger partial charge in [-0.3, -0.25) is 0 Å². The predicted molar refractivity (Wildman–Crippen MR) is 121 cm³/mol. The molecule has 2 aromatic carbocycles. The molecule has 0 aliphatic rings. The van der Waals surface area contributed by atoms with Gasteiger partial charge in [0.25, 0.3) is 0 Å². The monoisotopic (exact) mass is 527 g/mol. The van der Waals surface area contributed by atoms with Gasteiger partial charge in [0.2, 0.25) is 0 Å². The summed E-state index contributed by atoms with van der Waals surface area (Å²) in [6.45, 7) is 2.15. The fourth-order valence-corrected chi connectivity index (χ4v) is 3.63. The number of aromatic nitrogens is 2. The van der Waals surface area contributed by atoms with Gasteiger partial charge in [0.05, 0.1) is 22.3 Å². The maximum Gasteiger partial charge on any atom is 0.173 e. The zero-order chi connectivity index (χ0) is 21.8. The minimum Gasteiger partial charge on any atom is -0.503 e. The van der Waals surface area contributed by atoms with E-state index < -0.39 is 0 Å². The lowest BCUT2D eigenvalue weighted by Gasteiger charge is -2.11. The molecule has 1 aromatic heterocycles. The van der Waals surface area contributed by atoms with Crippen molar-refractivity contribution >= 4 is 49.3 Å². The van der Waals surface area contributed by atoms with Gasteiger partial charge in [-0.05, 0) is 68.6 Å². The van der Waals surface area contributed by atoms with E-state index in [2.05, 4.69) is 43.0 Å². The summed E-state index contributed by atoms with van der Waals surface area (Å²) >= 11 is 6.72. The number of nitriles is 2. The number of halogens is 2. The zero-order valence-corrected chi connectivity index (χ0v) is 18.9. The third-order valence-corrected chi connectivity index (χ3v) is 6.34. The van der Waals surface area contributed by atoms with Crippen molar-refractivity contribution in [1.82, 2.24) is 9.78 Å². The van der Waals surface area contributed by atoms with Crippen molar-refractivity contribution in [3.63, 3.8) is 0 Å². The highest BCUT2D eigenvalue weighted by Gasteiger charge is 2.21. The first kappa shape index (κ1) is 21.4. The molecule has 1 heterocycles. The Morgan fingerprint density at radius 1 is 1.27 bits per heavy atom. The van der Waals surface area contributed by atoms with Gasteiger partial charge >= 0.3 is 0 Å². The Kier molecular flexibility index (Phi) is 6.46. The third-order valence-electron chi connectivity index (χ3n) is 4.18. The number of nitrogens with two attached hydrogens (primary N) is 1. The number of allylic oxidation sites excluding steroid dienone is 1. The summed E-state index contributed by atoms with van der Waals surface area (Å²) in [5.41, 5.74) is 7.76. The quantitative estimate of drug-likeness (QED) is 0.448. The van der Waals surface area contributed by atoms with Crippen molar-refractivity contribution in [3.8, 4) is 29.3 Å². The van der Waals surface area contributed by atoms with E-state index in [4.69, 9.17) is 10.5 Å². The molecule has 30 heavy (non-hydrogen) atoms. The molecule has 0 spiro atoms. The van der Waals surface area contributed by atoms with Crippen molar-refractivity contribution in [2.75, 3.05) is 12.3 Å². The van der Waals surface area contributed by atoms with Crippen LogP contribution in [0.5, 0.6) is 11.5 Å². The van der Waals surface area contributed by atoms with Gasteiger partial charge in [-0.15, -0.1) is 0 Å². The molecule has 0 amide bonds. The highest BCUT2D eigenvalue weighted by atomic mass is 79.9. The van der Waals surface area contributed by atoms with E-state index in [-0.39, 0.29) is 34.1 Å². The molecule has 3 rings (SSSR count). The second kappa shape index (κ2) is 9.04. The van der Waals surface area contributed by atoms with E-state index in [9.17, 15) is 15.6 Å². The van der Waals surface area contributed by atoms with Crippen molar-refractivity contribution < 1.29 is 9.84 Å². The molecule has 0 fully saturated rings. The summed E-state index contributed by atoms with van der Waals surface area (Å²) in [4.78, 5) is 0. The molecular weight excluding hydrogens is 514 g/mol. The van der Waals surface area contributed by atoms with Gasteiger partial charge in [0, 0.05) is 4.47 Å². The van der Waals surface area contributed by atoms with Crippen LogP contribution in [0.4, 0.5) is 5.82 Å². The number of hydrogen-bond acceptors (Lipinski definition) is 6. The number of anilines is 1. The smallest absolute Gasteiger partial charge is 0.173 e. The second-order valence-corrected chi connectivity index (χ2v) is 7.60. The number of nitrogens with zero attached hydrogens (tertiary/aromatic N) is 4. The molecule has 9 heteroatoms. The summed E-state index contributed by atoms with van der Waals surface area (Å²) in [6, 6.07) is 14.8. The van der Waals surface area contributed by atoms with E-state index in [0.717, 1.165) is 0 Å². The Morgan fingerprint density at radius 2 is 1.97 bits per heavy atom. The SMILES string of the molecule is CCOc1cc(/C=C(\C#N)c2nn(-c3ccccc3)c(N)c2C#N)c(Br)c(Br)c1O. The first-order valence-electron chi connectivity index (χ1n) is 8.72. The van der Waals surface area contributed by atoms with Gasteiger partial charge in [-0.25, -0.2) is 4.68 Å². The van der Waals surface area contributed by atoms with Crippen LogP contribution >= 0.6 is 31.9 Å². The predicted octanol–water partition coefficient (Wildman–Crippen LogP) is 5.02. The molecule has 3 aromatic rings. The number of hydrogen-bond donors (Lipinski definition) is 2. The van der Waals surface area contributed by atoms with Crippen LogP contribution in [-0.4, -0.2) is 21.5 Å². The number of phenolic OH excluding ortho intramolecular Hbond substituents is 1. The van der Waals surface area contributed by atoms with Crippen molar-refractivity contribution in [3.05, 3.63) is 62.2 Å². The Hall–Kier alpha value is -3.27. The van der Waals surface area contributed by atoms with Crippen LogP contribution in [0.15, 0.2) is 45.3 Å². The van der Waals surface area contributed by atoms with Crippen LogP contribution in [0.2, 0.25) is 0 Å². The lowest BCUT2D eigenvalue weighted by atomic mass is 10.1. The number of phenols is 1. The molecule has 0 aliphatic heterocycles. The van der Waals surface area contributed by atoms with Crippen molar-refractivity contribution in [1.29, 1.82) is 10.5 Å². The fraction of sp³-hybridized carbons (Fsp3) is 0.0952. The van der Waals surface area contributed by atoms with E-state index in [1.807, 2.05) is 24.3 Å². The molecule has 3 N–H and O–H groups in total. The largest absolute Gasteiger partial charge is 0.503 e. The maximum atomic E-state index is 10.2. The van der Waals surface area contributed by atoms with Gasteiger partial charge < -0.3 is 15.6 Å². The lowest BCUT2D eigenvalue weighted by molar-refractivity contribution is 0.317. The highest BCUT2D eigenvalue weighted by Crippen LogP contribution is 2.43. The average Bonchev–Trinajstić information content (AvgIpc) is 3.10. The van der Waals surface area contributed by atoms with Crippen LogP contribution in [0, 0.1) is 22.7 Å². The number of nitrogen functional groups attached to an aromatic ring is 1. The van der Waals surface area contributed by atoms with Crippen LogP contribution < -0.4 is 10.5 Å². The minimum absolute atomic E-state index is 0.0605. The highest BCUT2D eigenvalue weighted by molar-refractivity contribution is 9.13. The summed E-state index contributed by atoms with van der Waals surface area (Å²) in [5.74, 6) is 0.335. The molecule has 0 aliphatic carbocycles. The zero-order valence-electron chi connectivity index (χ0n) is 15.7. The van der Waals surface area contributed by atoms with Gasteiger partial charge in [-0.2, -0.15) is 15.6 Å². The molecule has 0 saturated heterocycles. The van der Waals surface area contributed by atoms with Crippen LogP contribution in [0.3, 0.4) is 0 Å². The molecule has 150 valence electrons. The Labute approximate surface area is 189 Å². The van der Waals surface area contributed by atoms with Gasteiger partial charge in [0.15, 0.2) is 11.5 Å². The van der Waals surface area contributed by atoms with E-state index in [1.54, 1.807) is 31.2 Å². The normalized spacial score (nSPS) is 11.0. The topological polar surface area (TPSA) is 121 Å². The van der Waals surface area contributed by atoms with Gasteiger partial charge in [0.1, 0.15) is 29.2 Å². The standard InChI is InChI=1S/C21H15Br2N5O2/c1-2-30-16-9-12(17(22)18(23)20(16)29)8-13(10-24)19-15(11-25)21(26)28(27-19)14-6-4-3-5-7-14/h3-9,29H,2,26H2,1H3/b13-8+. The van der Waals surface area contributed by atoms with E-state index in [0.29, 0.717) is 26.8 Å². The molecule has 0 saturated carbocycles. The maximum absolute atomic E-state index is 10.2. The molecule has 0 atom stereocenters. The Morgan fingerprint density at radius 3 is 2.57 bits per heavy atom. The number of para-hydroxylation sites is 1. The molecule has 7 nitrogen and oxygen atoms in total. The summed E-state index contributed by atoms with van der Waals surface area (Å²) < 4.78 is 7.78. The third kappa shape index (κ3) is 3.90. The first-order chi connectivity index (χ1) is 14.4. The minimum atomic E-state index is -0.0605. The summed E-state index contributed by atoms with van der Waals surface area (Å²) in [6.07, 6.45) is 1.55. The summed E-state index contributed by atoms with van der Waals surface area (Å²) in [5, 5.41) is 34.1. The van der Waals surface area contributed by atoms with Crippen LogP contribution in [0.1, 0.15) is 23.7 Å². The first-order valence-corrected chi connectivity index (χ1v) is 10.3. The lowest BCUT2D eigenvalue weighted by Crippen LogP contribution is -2.02. The molecular formula is C21H15Br2N5O2. The van der Waals surface area contributed by atoms with Crippen LogP contribution in [-0.2, 0) is 0 Å². The van der Waals surface area contributed by atoms with E-state index >= 15 is 0 Å². The van der Waals surface area contributed by atoms with E-state index in [1.165, 1.54) is 4.68 Å². The number of aromatic hydroxyl groups is 1.